The lowest BCUT2D eigenvalue weighted by Crippen LogP contribution is -2.52. The Morgan fingerprint density at radius 2 is 1.90 bits per heavy atom. The van der Waals surface area contributed by atoms with E-state index in [4.69, 9.17) is 4.74 Å². The van der Waals surface area contributed by atoms with E-state index in [1.807, 2.05) is 0 Å². The molecule has 0 N–H and O–H groups in total. The van der Waals surface area contributed by atoms with E-state index in [9.17, 15) is 9.59 Å². The average molecular weight is 277 g/mol. The van der Waals surface area contributed by atoms with Crippen LogP contribution in [0.5, 0.6) is 0 Å². The van der Waals surface area contributed by atoms with Crippen molar-refractivity contribution in [2.45, 2.75) is 64.1 Å². The molecule has 7 atom stereocenters. The SMILES string of the molecule is CC1CCCC(C)N1C(=O)[C@H]1[C@@H]2C[C@@H]3[C@H]1C(=O)O[C@@H]3C2. The Morgan fingerprint density at radius 3 is 2.60 bits per heavy atom. The fourth-order valence-corrected chi connectivity index (χ4v) is 5.37. The van der Waals surface area contributed by atoms with Crippen LogP contribution in [0.15, 0.2) is 0 Å². The Bertz CT molecular complexity index is 451. The van der Waals surface area contributed by atoms with Gasteiger partial charge in [0.1, 0.15) is 6.10 Å². The smallest absolute Gasteiger partial charge is 0.310 e. The van der Waals surface area contributed by atoms with Crippen LogP contribution in [0.4, 0.5) is 0 Å². The van der Waals surface area contributed by atoms with E-state index in [0.717, 1.165) is 25.7 Å². The number of ether oxygens (including phenoxy) is 1. The Hall–Kier alpha value is -1.06. The van der Waals surface area contributed by atoms with Crippen LogP contribution in [-0.2, 0) is 14.3 Å². The molecule has 110 valence electrons. The zero-order valence-electron chi connectivity index (χ0n) is 12.2. The van der Waals surface area contributed by atoms with Crippen LogP contribution in [0, 0.1) is 23.7 Å². The third kappa shape index (κ3) is 1.54. The molecule has 0 aromatic carbocycles. The first-order chi connectivity index (χ1) is 9.58. The van der Waals surface area contributed by atoms with Gasteiger partial charge in [0.15, 0.2) is 0 Å². The number of fused-ring (bicyclic) bond motifs is 1. The molecule has 4 heteroatoms. The maximum atomic E-state index is 13.1. The molecule has 4 fully saturated rings. The summed E-state index contributed by atoms with van der Waals surface area (Å²) in [6, 6.07) is 0.636. The number of rotatable bonds is 1. The third-order valence-corrected chi connectivity index (χ3v) is 6.22. The van der Waals surface area contributed by atoms with E-state index in [0.29, 0.717) is 23.9 Å². The second kappa shape index (κ2) is 4.22. The standard InChI is InChI=1S/C16H23NO3/c1-8-4-3-5-9(2)17(8)15(18)13-10-6-11-12(7-10)20-16(19)14(11)13/h8-14H,3-7H2,1-2H3/t8?,9?,10-,11+,12-,13+,14-/m1/s1. The molecule has 2 saturated heterocycles. The molecular formula is C16H23NO3. The second-order valence-electron chi connectivity index (χ2n) is 7.30. The molecule has 4 nitrogen and oxygen atoms in total. The second-order valence-corrected chi connectivity index (χ2v) is 7.30. The summed E-state index contributed by atoms with van der Waals surface area (Å²) in [5.74, 6) is 0.629. The minimum atomic E-state index is -0.132. The van der Waals surface area contributed by atoms with Gasteiger partial charge in [-0.15, -0.1) is 0 Å². The van der Waals surface area contributed by atoms with Gasteiger partial charge in [0.25, 0.3) is 0 Å². The number of carbonyl (C=O) groups excluding carboxylic acids is 2. The molecule has 2 unspecified atom stereocenters. The Morgan fingerprint density at radius 1 is 1.20 bits per heavy atom. The summed E-state index contributed by atoms with van der Waals surface area (Å²) >= 11 is 0. The van der Waals surface area contributed by atoms with E-state index in [2.05, 4.69) is 18.7 Å². The highest BCUT2D eigenvalue weighted by atomic mass is 16.6. The summed E-state index contributed by atoms with van der Waals surface area (Å²) in [5.41, 5.74) is 0. The molecule has 0 spiro atoms. The highest BCUT2D eigenvalue weighted by Crippen LogP contribution is 2.58. The van der Waals surface area contributed by atoms with Gasteiger partial charge in [-0.05, 0) is 51.9 Å². The third-order valence-electron chi connectivity index (χ3n) is 6.22. The van der Waals surface area contributed by atoms with Gasteiger partial charge in [0.2, 0.25) is 5.91 Å². The first kappa shape index (κ1) is 12.7. The predicted octanol–water partition coefficient (Wildman–Crippen LogP) is 1.97. The largest absolute Gasteiger partial charge is 0.462 e. The first-order valence-electron chi connectivity index (χ1n) is 8.10. The topological polar surface area (TPSA) is 46.6 Å². The van der Waals surface area contributed by atoms with Crippen LogP contribution in [0.2, 0.25) is 0 Å². The Balaban J connectivity index is 1.61. The fourth-order valence-electron chi connectivity index (χ4n) is 5.37. The maximum Gasteiger partial charge on any atom is 0.310 e. The van der Waals surface area contributed by atoms with Crippen molar-refractivity contribution in [3.05, 3.63) is 0 Å². The lowest BCUT2D eigenvalue weighted by molar-refractivity contribution is -0.151. The van der Waals surface area contributed by atoms with E-state index < -0.39 is 0 Å². The van der Waals surface area contributed by atoms with E-state index >= 15 is 0 Å². The number of hydrogen-bond acceptors (Lipinski definition) is 3. The van der Waals surface area contributed by atoms with Gasteiger partial charge in [-0.1, -0.05) is 0 Å². The zero-order chi connectivity index (χ0) is 14.0. The molecule has 0 radical (unpaired) electrons. The molecule has 2 aliphatic carbocycles. The van der Waals surface area contributed by atoms with Crippen LogP contribution in [0.1, 0.15) is 46.0 Å². The normalized spacial score (nSPS) is 49.6. The highest BCUT2D eigenvalue weighted by molar-refractivity contribution is 5.88. The van der Waals surface area contributed by atoms with Crippen LogP contribution in [0.25, 0.3) is 0 Å². The van der Waals surface area contributed by atoms with E-state index in [-0.39, 0.29) is 29.8 Å². The van der Waals surface area contributed by atoms with Crippen molar-refractivity contribution >= 4 is 11.9 Å². The lowest BCUT2D eigenvalue weighted by Gasteiger charge is -2.42. The van der Waals surface area contributed by atoms with Gasteiger partial charge in [0.05, 0.1) is 11.8 Å². The van der Waals surface area contributed by atoms with Crippen molar-refractivity contribution < 1.29 is 14.3 Å². The van der Waals surface area contributed by atoms with E-state index in [1.165, 1.54) is 6.42 Å². The highest BCUT2D eigenvalue weighted by Gasteiger charge is 2.64. The quantitative estimate of drug-likeness (QED) is 0.688. The molecule has 2 bridgehead atoms. The minimum Gasteiger partial charge on any atom is -0.462 e. The van der Waals surface area contributed by atoms with Crippen molar-refractivity contribution in [1.82, 2.24) is 4.90 Å². The van der Waals surface area contributed by atoms with Crippen molar-refractivity contribution in [3.63, 3.8) is 0 Å². The summed E-state index contributed by atoms with van der Waals surface area (Å²) < 4.78 is 5.45. The number of piperidine rings is 1. The lowest BCUT2D eigenvalue weighted by atomic mass is 9.78. The molecule has 0 aromatic rings. The molecule has 20 heavy (non-hydrogen) atoms. The van der Waals surface area contributed by atoms with Crippen molar-refractivity contribution in [1.29, 1.82) is 0 Å². The van der Waals surface area contributed by atoms with Crippen LogP contribution >= 0.6 is 0 Å². The number of likely N-dealkylation sites (tertiary alicyclic amines) is 1. The Kier molecular flexibility index (Phi) is 2.67. The van der Waals surface area contributed by atoms with E-state index in [1.54, 1.807) is 0 Å². The molecule has 1 amide bonds. The summed E-state index contributed by atoms with van der Waals surface area (Å²) in [4.78, 5) is 27.2. The monoisotopic (exact) mass is 277 g/mol. The summed E-state index contributed by atoms with van der Waals surface area (Å²) in [6.45, 7) is 4.30. The van der Waals surface area contributed by atoms with Crippen molar-refractivity contribution in [2.24, 2.45) is 23.7 Å². The molecule has 0 aromatic heterocycles. The maximum absolute atomic E-state index is 13.1. The van der Waals surface area contributed by atoms with Crippen molar-refractivity contribution in [2.75, 3.05) is 0 Å². The predicted molar refractivity (Wildman–Crippen MR) is 72.7 cm³/mol. The molecule has 4 rings (SSSR count). The molecular weight excluding hydrogens is 254 g/mol. The number of hydrogen-bond donors (Lipinski definition) is 0. The van der Waals surface area contributed by atoms with Crippen LogP contribution in [0.3, 0.4) is 0 Å². The number of carbonyl (C=O) groups is 2. The Labute approximate surface area is 119 Å². The minimum absolute atomic E-state index is 0.0887. The van der Waals surface area contributed by atoms with Crippen molar-refractivity contribution in [3.8, 4) is 0 Å². The van der Waals surface area contributed by atoms with Gasteiger partial charge in [0, 0.05) is 18.0 Å². The molecule has 2 saturated carbocycles. The number of nitrogens with zero attached hydrogens (tertiary/aromatic N) is 1. The molecule has 2 heterocycles. The zero-order valence-corrected chi connectivity index (χ0v) is 12.2. The summed E-state index contributed by atoms with van der Waals surface area (Å²) in [6.07, 6.45) is 5.45. The van der Waals surface area contributed by atoms with Crippen LogP contribution < -0.4 is 0 Å². The van der Waals surface area contributed by atoms with Gasteiger partial charge >= 0.3 is 5.97 Å². The average Bonchev–Trinajstić information content (AvgIpc) is 2.99. The van der Waals surface area contributed by atoms with Gasteiger partial charge < -0.3 is 9.64 Å². The number of esters is 1. The summed E-state index contributed by atoms with van der Waals surface area (Å²) in [7, 11) is 0. The number of amides is 1. The molecule has 2 aliphatic heterocycles. The fraction of sp³-hybridized carbons (Fsp3) is 0.875. The molecule has 4 aliphatic rings. The van der Waals surface area contributed by atoms with Crippen LogP contribution in [-0.4, -0.2) is 35.0 Å². The first-order valence-corrected chi connectivity index (χ1v) is 8.10. The summed E-state index contributed by atoms with van der Waals surface area (Å²) in [5, 5.41) is 0. The van der Waals surface area contributed by atoms with Gasteiger partial charge in [-0.3, -0.25) is 9.59 Å². The van der Waals surface area contributed by atoms with Gasteiger partial charge in [-0.25, -0.2) is 0 Å². The van der Waals surface area contributed by atoms with Gasteiger partial charge in [-0.2, -0.15) is 0 Å².